The van der Waals surface area contributed by atoms with Crippen molar-refractivity contribution in [1.29, 1.82) is 0 Å². The van der Waals surface area contributed by atoms with Gasteiger partial charge in [-0.25, -0.2) is 0 Å². The highest BCUT2D eigenvalue weighted by molar-refractivity contribution is 7.71. The van der Waals surface area contributed by atoms with Crippen molar-refractivity contribution in [1.82, 2.24) is 19.7 Å². The van der Waals surface area contributed by atoms with Gasteiger partial charge in [0.1, 0.15) is 5.82 Å². The Morgan fingerprint density at radius 3 is 2.64 bits per heavy atom. The van der Waals surface area contributed by atoms with Gasteiger partial charge in [0.05, 0.1) is 0 Å². The van der Waals surface area contributed by atoms with Crippen molar-refractivity contribution in [3.63, 3.8) is 0 Å². The molecule has 1 aliphatic rings. The Kier molecular flexibility index (Phi) is 5.54. The zero-order chi connectivity index (χ0) is 19.5. The van der Waals surface area contributed by atoms with Gasteiger partial charge in [0, 0.05) is 41.9 Å². The molecule has 0 atom stereocenters. The number of nitrogens with one attached hydrogen (secondary N) is 1. The average Bonchev–Trinajstić information content (AvgIpc) is 3.34. The lowest BCUT2D eigenvalue weighted by molar-refractivity contribution is -0.127. The van der Waals surface area contributed by atoms with Crippen molar-refractivity contribution in [2.75, 3.05) is 13.1 Å². The molecular weight excluding hydrogens is 388 g/mol. The first kappa shape index (κ1) is 18.8. The summed E-state index contributed by atoms with van der Waals surface area (Å²) in [4.78, 5) is 16.8. The first-order chi connectivity index (χ1) is 13.6. The van der Waals surface area contributed by atoms with Crippen molar-refractivity contribution in [3.05, 3.63) is 64.0 Å². The Bertz CT molecular complexity index is 1040. The predicted molar refractivity (Wildman–Crippen MR) is 116 cm³/mol. The highest BCUT2D eigenvalue weighted by Crippen LogP contribution is 2.29. The molecule has 2 aromatic heterocycles. The fourth-order valence-electron chi connectivity index (χ4n) is 3.54. The third-order valence-corrected chi connectivity index (χ3v) is 6.63. The quantitative estimate of drug-likeness (QED) is 0.504. The number of hydrogen-bond acceptors (Lipinski definition) is 4. The van der Waals surface area contributed by atoms with Crippen LogP contribution >= 0.6 is 23.6 Å². The number of nitrogens with zero attached hydrogens (tertiary/aromatic N) is 3. The van der Waals surface area contributed by atoms with E-state index in [0.717, 1.165) is 36.6 Å². The lowest BCUT2D eigenvalue weighted by Crippen LogP contribution is -2.37. The summed E-state index contributed by atoms with van der Waals surface area (Å²) in [7, 11) is 1.94. The number of thiophene rings is 1. The van der Waals surface area contributed by atoms with Crippen LogP contribution in [0.1, 0.15) is 29.5 Å². The Balaban J connectivity index is 1.35. The maximum Gasteiger partial charge on any atom is 0.246 e. The molecule has 1 aromatic carbocycles. The Morgan fingerprint density at radius 1 is 1.21 bits per heavy atom. The van der Waals surface area contributed by atoms with Crippen LogP contribution in [0.5, 0.6) is 0 Å². The molecule has 1 fully saturated rings. The van der Waals surface area contributed by atoms with Crippen LogP contribution in [0.3, 0.4) is 0 Å². The Labute approximate surface area is 173 Å². The minimum Gasteiger partial charge on any atom is -0.339 e. The van der Waals surface area contributed by atoms with E-state index in [4.69, 9.17) is 12.2 Å². The first-order valence-electron chi connectivity index (χ1n) is 9.35. The summed E-state index contributed by atoms with van der Waals surface area (Å²) >= 11 is 6.89. The van der Waals surface area contributed by atoms with E-state index in [0.29, 0.717) is 10.7 Å². The molecule has 0 unspecified atom stereocenters. The molecule has 5 nitrogen and oxygen atoms in total. The van der Waals surface area contributed by atoms with Gasteiger partial charge in [-0.3, -0.25) is 9.89 Å². The second-order valence-electron chi connectivity index (χ2n) is 6.95. The largest absolute Gasteiger partial charge is 0.339 e. The number of hydrogen-bond donors (Lipinski definition) is 1. The molecule has 28 heavy (non-hydrogen) atoms. The molecule has 0 saturated carbocycles. The number of H-pyrrole nitrogens is 1. The molecule has 1 amide bonds. The number of likely N-dealkylation sites (tertiary alicyclic amines) is 1. The summed E-state index contributed by atoms with van der Waals surface area (Å²) in [6.45, 7) is 1.49. The molecule has 0 bridgehead atoms. The van der Waals surface area contributed by atoms with Crippen LogP contribution in [0.25, 0.3) is 16.5 Å². The second-order valence-corrected chi connectivity index (χ2v) is 8.45. The molecule has 3 heterocycles. The van der Waals surface area contributed by atoms with Crippen LogP contribution in [0.2, 0.25) is 0 Å². The van der Waals surface area contributed by atoms with E-state index in [1.807, 2.05) is 40.8 Å². The minimum absolute atomic E-state index is 0.0727. The number of piperidine rings is 1. The zero-order valence-electron chi connectivity index (χ0n) is 15.7. The highest BCUT2D eigenvalue weighted by atomic mass is 32.1. The Morgan fingerprint density at radius 2 is 1.96 bits per heavy atom. The van der Waals surface area contributed by atoms with Crippen molar-refractivity contribution in [2.24, 2.45) is 7.05 Å². The molecule has 144 valence electrons. The van der Waals surface area contributed by atoms with Crippen molar-refractivity contribution in [2.45, 2.75) is 18.8 Å². The number of aromatic nitrogens is 3. The summed E-state index contributed by atoms with van der Waals surface area (Å²) in [6.07, 6.45) is 5.42. The maximum absolute atomic E-state index is 12.6. The number of benzene rings is 1. The summed E-state index contributed by atoms with van der Waals surface area (Å²) in [5.41, 5.74) is 1.20. The molecule has 1 aliphatic heterocycles. The van der Waals surface area contributed by atoms with Gasteiger partial charge in [0.2, 0.25) is 5.91 Å². The number of carbonyl (C=O) groups excluding carboxylic acids is 1. The monoisotopic (exact) mass is 410 g/mol. The van der Waals surface area contributed by atoms with Gasteiger partial charge in [-0.05, 0) is 48.8 Å². The SMILES string of the molecule is Cn1c(C2CCN(C(=O)C=Cc3ccc(-c4ccccc4)s3)CC2)n[nH]c1=S. The smallest absolute Gasteiger partial charge is 0.246 e. The standard InChI is InChI=1S/C21H22N4OS2/c1-24-20(22-23-21(24)27)16-11-13-25(14-12-16)19(26)10-8-17-7-9-18(28-17)15-5-3-2-4-6-15/h2-10,16H,11-14H2,1H3,(H,23,27). The van der Waals surface area contributed by atoms with E-state index in [1.54, 1.807) is 17.4 Å². The summed E-state index contributed by atoms with van der Waals surface area (Å²) in [5, 5.41) is 7.19. The van der Waals surface area contributed by atoms with Gasteiger partial charge in [0.25, 0.3) is 0 Å². The van der Waals surface area contributed by atoms with Crippen LogP contribution in [0.4, 0.5) is 0 Å². The number of amides is 1. The number of aromatic amines is 1. The van der Waals surface area contributed by atoms with Crippen molar-refractivity contribution < 1.29 is 4.79 Å². The van der Waals surface area contributed by atoms with Crippen LogP contribution in [0.15, 0.2) is 48.5 Å². The first-order valence-corrected chi connectivity index (χ1v) is 10.6. The lowest BCUT2D eigenvalue weighted by Gasteiger charge is -2.30. The van der Waals surface area contributed by atoms with Gasteiger partial charge in [-0.1, -0.05) is 30.3 Å². The number of carbonyl (C=O) groups is 1. The molecular formula is C21H22N4OS2. The van der Waals surface area contributed by atoms with Crippen molar-refractivity contribution >= 4 is 35.5 Å². The molecule has 1 N–H and O–H groups in total. The minimum atomic E-state index is 0.0727. The molecule has 1 saturated heterocycles. The van der Waals surface area contributed by atoms with Crippen LogP contribution in [-0.4, -0.2) is 38.7 Å². The van der Waals surface area contributed by atoms with Gasteiger partial charge in [-0.15, -0.1) is 11.3 Å². The van der Waals surface area contributed by atoms with E-state index in [1.165, 1.54) is 10.4 Å². The fourth-order valence-corrected chi connectivity index (χ4v) is 4.60. The summed E-state index contributed by atoms with van der Waals surface area (Å²) < 4.78 is 2.57. The van der Waals surface area contributed by atoms with Gasteiger partial charge in [-0.2, -0.15) is 5.10 Å². The second kappa shape index (κ2) is 8.24. The molecule has 3 aromatic rings. The van der Waals surface area contributed by atoms with Gasteiger partial charge in [0.15, 0.2) is 4.77 Å². The normalized spacial score (nSPS) is 15.4. The van der Waals surface area contributed by atoms with E-state index >= 15 is 0 Å². The third kappa shape index (κ3) is 4.00. The molecule has 4 rings (SSSR count). The topological polar surface area (TPSA) is 53.9 Å². The summed E-state index contributed by atoms with van der Waals surface area (Å²) in [6, 6.07) is 14.5. The van der Waals surface area contributed by atoms with Crippen LogP contribution in [-0.2, 0) is 11.8 Å². The van der Waals surface area contributed by atoms with E-state index < -0.39 is 0 Å². The molecule has 0 aliphatic carbocycles. The van der Waals surface area contributed by atoms with Gasteiger partial charge < -0.3 is 9.47 Å². The van der Waals surface area contributed by atoms with Crippen LogP contribution in [0, 0.1) is 4.77 Å². The van der Waals surface area contributed by atoms with E-state index in [9.17, 15) is 4.79 Å². The maximum atomic E-state index is 12.6. The van der Waals surface area contributed by atoms with Gasteiger partial charge >= 0.3 is 0 Å². The summed E-state index contributed by atoms with van der Waals surface area (Å²) in [5.74, 6) is 1.40. The molecule has 0 radical (unpaired) electrons. The number of rotatable bonds is 4. The Hall–Kier alpha value is -2.51. The zero-order valence-corrected chi connectivity index (χ0v) is 17.3. The lowest BCUT2D eigenvalue weighted by atomic mass is 9.96. The van der Waals surface area contributed by atoms with E-state index in [-0.39, 0.29) is 5.91 Å². The fraction of sp³-hybridized carbons (Fsp3) is 0.286. The molecule has 7 heteroatoms. The predicted octanol–water partition coefficient (Wildman–Crippen LogP) is 4.63. The van der Waals surface area contributed by atoms with E-state index in [2.05, 4.69) is 34.5 Å². The van der Waals surface area contributed by atoms with Crippen LogP contribution < -0.4 is 0 Å². The molecule has 0 spiro atoms. The average molecular weight is 411 g/mol. The third-order valence-electron chi connectivity index (χ3n) is 5.16. The van der Waals surface area contributed by atoms with Crippen molar-refractivity contribution in [3.8, 4) is 10.4 Å². The highest BCUT2D eigenvalue weighted by Gasteiger charge is 2.25.